The fourth-order valence-corrected chi connectivity index (χ4v) is 3.25. The lowest BCUT2D eigenvalue weighted by Crippen LogP contribution is -2.48. The van der Waals surface area contributed by atoms with Crippen LogP contribution in [-0.2, 0) is 14.8 Å². The molecule has 8 heteroatoms. The van der Waals surface area contributed by atoms with Gasteiger partial charge in [0.05, 0.1) is 11.9 Å². The number of anilines is 1. The first-order valence-corrected chi connectivity index (χ1v) is 9.03. The van der Waals surface area contributed by atoms with Gasteiger partial charge in [0.1, 0.15) is 6.04 Å². The molecule has 0 fully saturated rings. The fourth-order valence-electron chi connectivity index (χ4n) is 1.95. The Hall–Kier alpha value is -1.31. The van der Waals surface area contributed by atoms with Crippen molar-refractivity contribution in [1.29, 1.82) is 0 Å². The lowest BCUT2D eigenvalue weighted by atomic mass is 10.2. The van der Waals surface area contributed by atoms with Gasteiger partial charge in [0, 0.05) is 18.1 Å². The molecule has 1 aromatic rings. The maximum absolute atomic E-state index is 12.2. The van der Waals surface area contributed by atoms with Crippen LogP contribution in [0.2, 0.25) is 5.02 Å². The van der Waals surface area contributed by atoms with E-state index in [-0.39, 0.29) is 5.91 Å². The van der Waals surface area contributed by atoms with Gasteiger partial charge in [-0.05, 0) is 45.3 Å². The Labute approximate surface area is 137 Å². The summed E-state index contributed by atoms with van der Waals surface area (Å²) >= 11 is 5.82. The van der Waals surface area contributed by atoms with E-state index in [0.29, 0.717) is 23.8 Å². The average Bonchev–Trinajstić information content (AvgIpc) is 2.39. The molecule has 1 rings (SSSR count). The molecule has 0 spiro atoms. The first kappa shape index (κ1) is 18.7. The van der Waals surface area contributed by atoms with E-state index in [9.17, 15) is 13.2 Å². The van der Waals surface area contributed by atoms with Crippen molar-refractivity contribution in [3.63, 3.8) is 0 Å². The Morgan fingerprint density at radius 2 is 1.82 bits per heavy atom. The normalized spacial score (nSPS) is 13.0. The zero-order chi connectivity index (χ0) is 16.9. The molecule has 6 nitrogen and oxygen atoms in total. The van der Waals surface area contributed by atoms with E-state index < -0.39 is 16.1 Å². The summed E-state index contributed by atoms with van der Waals surface area (Å²) in [5.74, 6) is -0.345. The molecule has 22 heavy (non-hydrogen) atoms. The Morgan fingerprint density at radius 1 is 1.27 bits per heavy atom. The lowest BCUT2D eigenvalue weighted by molar-refractivity contribution is -0.121. The van der Waals surface area contributed by atoms with Crippen molar-refractivity contribution in [2.45, 2.75) is 13.0 Å². The summed E-state index contributed by atoms with van der Waals surface area (Å²) in [7, 11) is 0.192. The summed E-state index contributed by atoms with van der Waals surface area (Å²) in [5, 5.41) is 3.23. The van der Waals surface area contributed by atoms with E-state index in [4.69, 9.17) is 11.6 Å². The zero-order valence-electron chi connectivity index (χ0n) is 13.2. The van der Waals surface area contributed by atoms with Crippen LogP contribution in [0.1, 0.15) is 6.92 Å². The average molecular weight is 348 g/mol. The molecular formula is C14H22ClN3O3S. The van der Waals surface area contributed by atoms with E-state index in [2.05, 4.69) is 5.32 Å². The molecule has 0 aliphatic heterocycles. The van der Waals surface area contributed by atoms with Gasteiger partial charge in [-0.25, -0.2) is 8.42 Å². The quantitative estimate of drug-likeness (QED) is 0.804. The Morgan fingerprint density at radius 3 is 2.27 bits per heavy atom. The van der Waals surface area contributed by atoms with Crippen molar-refractivity contribution in [3.05, 3.63) is 29.3 Å². The number of nitrogens with zero attached hydrogens (tertiary/aromatic N) is 2. The van der Waals surface area contributed by atoms with Crippen molar-refractivity contribution in [2.24, 2.45) is 0 Å². The Kier molecular flexibility index (Phi) is 6.65. The molecule has 0 bridgehead atoms. The molecule has 0 saturated carbocycles. The van der Waals surface area contributed by atoms with Crippen molar-refractivity contribution in [1.82, 2.24) is 10.2 Å². The lowest BCUT2D eigenvalue weighted by Gasteiger charge is -2.28. The highest BCUT2D eigenvalue weighted by molar-refractivity contribution is 7.92. The molecule has 124 valence electrons. The van der Waals surface area contributed by atoms with Crippen LogP contribution in [0.25, 0.3) is 0 Å². The zero-order valence-corrected chi connectivity index (χ0v) is 14.8. The summed E-state index contributed by atoms with van der Waals surface area (Å²) in [6, 6.07) is 5.48. The highest BCUT2D eigenvalue weighted by atomic mass is 35.5. The van der Waals surface area contributed by atoms with Gasteiger partial charge in [0.2, 0.25) is 15.9 Å². The molecule has 0 radical (unpaired) electrons. The van der Waals surface area contributed by atoms with E-state index >= 15 is 0 Å². The number of carbonyl (C=O) groups is 1. The van der Waals surface area contributed by atoms with Gasteiger partial charge in [-0.15, -0.1) is 0 Å². The summed E-state index contributed by atoms with van der Waals surface area (Å²) in [6.07, 6.45) is 1.07. The smallest absolute Gasteiger partial charge is 0.243 e. The molecule has 0 aliphatic rings. The van der Waals surface area contributed by atoms with Crippen LogP contribution in [-0.4, -0.2) is 58.7 Å². The van der Waals surface area contributed by atoms with Gasteiger partial charge in [0.15, 0.2) is 0 Å². The van der Waals surface area contributed by atoms with E-state index in [1.807, 2.05) is 19.0 Å². The second kappa shape index (κ2) is 7.80. The summed E-state index contributed by atoms with van der Waals surface area (Å²) < 4.78 is 25.2. The van der Waals surface area contributed by atoms with Gasteiger partial charge < -0.3 is 10.2 Å². The van der Waals surface area contributed by atoms with E-state index in [0.717, 1.165) is 10.6 Å². The molecule has 1 atom stereocenters. The van der Waals surface area contributed by atoms with Crippen LogP contribution in [0, 0.1) is 0 Å². The second-order valence-corrected chi connectivity index (χ2v) is 7.60. The number of hydrogen-bond donors (Lipinski definition) is 1. The first-order valence-electron chi connectivity index (χ1n) is 6.80. The summed E-state index contributed by atoms with van der Waals surface area (Å²) in [6.45, 7) is 2.69. The predicted molar refractivity (Wildman–Crippen MR) is 89.8 cm³/mol. The molecule has 1 amide bonds. The number of nitrogens with one attached hydrogen (secondary N) is 1. The first-order chi connectivity index (χ1) is 10.1. The van der Waals surface area contributed by atoms with Crippen LogP contribution in [0.4, 0.5) is 5.69 Å². The summed E-state index contributed by atoms with van der Waals surface area (Å²) in [5.41, 5.74) is 0.405. The maximum Gasteiger partial charge on any atom is 0.243 e. The molecule has 0 heterocycles. The van der Waals surface area contributed by atoms with Gasteiger partial charge >= 0.3 is 0 Å². The standard InChI is InChI=1S/C14H22ClN3O3S/c1-11(14(19)16-9-10-17(2)3)18(22(4,20)21)13-7-5-12(15)6-8-13/h5-8,11H,9-10H2,1-4H3,(H,16,19)/t11-/m1/s1. The fraction of sp³-hybridized carbons (Fsp3) is 0.500. The minimum Gasteiger partial charge on any atom is -0.353 e. The van der Waals surface area contributed by atoms with Crippen molar-refractivity contribution < 1.29 is 13.2 Å². The topological polar surface area (TPSA) is 69.7 Å². The van der Waals surface area contributed by atoms with Crippen LogP contribution in [0.5, 0.6) is 0 Å². The number of carbonyl (C=O) groups excluding carboxylic acids is 1. The molecule has 0 saturated heterocycles. The van der Waals surface area contributed by atoms with E-state index in [1.54, 1.807) is 31.2 Å². The third kappa shape index (κ3) is 5.47. The number of hydrogen-bond acceptors (Lipinski definition) is 4. The van der Waals surface area contributed by atoms with Gasteiger partial charge in [-0.1, -0.05) is 11.6 Å². The molecule has 0 unspecified atom stereocenters. The highest BCUT2D eigenvalue weighted by Crippen LogP contribution is 2.22. The highest BCUT2D eigenvalue weighted by Gasteiger charge is 2.28. The number of amides is 1. The number of benzene rings is 1. The van der Waals surface area contributed by atoms with Crippen LogP contribution < -0.4 is 9.62 Å². The minimum absolute atomic E-state index is 0.345. The van der Waals surface area contributed by atoms with Crippen molar-refractivity contribution in [2.75, 3.05) is 37.7 Å². The minimum atomic E-state index is -3.60. The second-order valence-electron chi connectivity index (χ2n) is 5.31. The number of rotatable bonds is 7. The van der Waals surface area contributed by atoms with Crippen molar-refractivity contribution >= 4 is 33.2 Å². The van der Waals surface area contributed by atoms with Gasteiger partial charge in [-0.3, -0.25) is 9.10 Å². The number of halogens is 1. The van der Waals surface area contributed by atoms with Crippen molar-refractivity contribution in [3.8, 4) is 0 Å². The maximum atomic E-state index is 12.2. The van der Waals surface area contributed by atoms with Crippen LogP contribution >= 0.6 is 11.6 Å². The molecular weight excluding hydrogens is 326 g/mol. The van der Waals surface area contributed by atoms with E-state index in [1.165, 1.54) is 0 Å². The van der Waals surface area contributed by atoms with Crippen LogP contribution in [0.3, 0.4) is 0 Å². The van der Waals surface area contributed by atoms with Crippen LogP contribution in [0.15, 0.2) is 24.3 Å². The SMILES string of the molecule is C[C@H](C(=O)NCCN(C)C)N(c1ccc(Cl)cc1)S(C)(=O)=O. The third-order valence-corrected chi connectivity index (χ3v) is 4.52. The Balaban J connectivity index is 2.93. The Bertz CT molecular complexity index is 602. The molecule has 1 aromatic carbocycles. The van der Waals surface area contributed by atoms with Gasteiger partial charge in [0.25, 0.3) is 0 Å². The number of sulfonamides is 1. The monoisotopic (exact) mass is 347 g/mol. The third-order valence-electron chi connectivity index (χ3n) is 3.03. The predicted octanol–water partition coefficient (Wildman–Crippen LogP) is 1.17. The van der Waals surface area contributed by atoms with Gasteiger partial charge in [-0.2, -0.15) is 0 Å². The summed E-state index contributed by atoms with van der Waals surface area (Å²) in [4.78, 5) is 14.1. The molecule has 0 aliphatic carbocycles. The largest absolute Gasteiger partial charge is 0.353 e. The molecule has 0 aromatic heterocycles. The molecule has 1 N–H and O–H groups in total. The number of likely N-dealkylation sites (N-methyl/N-ethyl adjacent to an activating group) is 1.